The van der Waals surface area contributed by atoms with E-state index in [1.54, 1.807) is 30.3 Å². The van der Waals surface area contributed by atoms with Crippen molar-refractivity contribution in [3.8, 4) is 0 Å². The van der Waals surface area contributed by atoms with Gasteiger partial charge in [-0.1, -0.05) is 78.4 Å². The Kier molecular flexibility index (Phi) is 7.30. The van der Waals surface area contributed by atoms with Crippen LogP contribution < -0.4 is 4.72 Å². The summed E-state index contributed by atoms with van der Waals surface area (Å²) in [7, 11) is -4.16. The maximum absolute atomic E-state index is 14.1. The molecule has 3 atom stereocenters. The van der Waals surface area contributed by atoms with Gasteiger partial charge in [-0.05, 0) is 77.9 Å². The van der Waals surface area contributed by atoms with Crippen molar-refractivity contribution in [2.45, 2.75) is 29.7 Å². The Morgan fingerprint density at radius 2 is 1.41 bits per heavy atom. The second-order valence-electron chi connectivity index (χ2n) is 9.85. The first-order chi connectivity index (χ1) is 18.7. The van der Waals surface area contributed by atoms with Crippen LogP contribution in [0.1, 0.15) is 34.6 Å². The Labute approximate surface area is 227 Å². The molecule has 39 heavy (non-hydrogen) atoms. The molecular formula is C32H27F2NO3S. The number of allylic oxidation sites excluding steroid dienone is 1. The van der Waals surface area contributed by atoms with E-state index in [0.29, 0.717) is 17.5 Å². The average Bonchev–Trinajstić information content (AvgIpc) is 2.94. The zero-order valence-electron chi connectivity index (χ0n) is 21.2. The van der Waals surface area contributed by atoms with Crippen molar-refractivity contribution in [2.75, 3.05) is 0 Å². The second kappa shape index (κ2) is 10.7. The Balaban J connectivity index is 1.78. The van der Waals surface area contributed by atoms with Crippen molar-refractivity contribution in [3.05, 3.63) is 143 Å². The molecule has 0 radical (unpaired) electrons. The number of hydrogen-bond acceptors (Lipinski definition) is 3. The van der Waals surface area contributed by atoms with Gasteiger partial charge in [0, 0.05) is 5.92 Å². The molecule has 5 rings (SSSR count). The fourth-order valence-electron chi connectivity index (χ4n) is 5.36. The molecule has 4 nitrogen and oxygen atoms in total. The van der Waals surface area contributed by atoms with E-state index in [1.807, 2.05) is 37.3 Å². The highest BCUT2D eigenvalue weighted by atomic mass is 32.2. The molecule has 0 heterocycles. The van der Waals surface area contributed by atoms with Gasteiger partial charge >= 0.3 is 0 Å². The minimum Gasteiger partial charge on any atom is -0.303 e. The van der Waals surface area contributed by atoms with E-state index in [9.17, 15) is 22.0 Å². The van der Waals surface area contributed by atoms with Gasteiger partial charge in [0.1, 0.15) is 17.9 Å². The number of carbonyl (C=O) groups excluding carboxylic acids is 1. The fourth-order valence-corrected chi connectivity index (χ4v) is 6.73. The number of carbonyl (C=O) groups is 1. The highest BCUT2D eigenvalue weighted by Crippen LogP contribution is 2.50. The van der Waals surface area contributed by atoms with E-state index in [1.165, 1.54) is 48.5 Å². The average molecular weight is 544 g/mol. The van der Waals surface area contributed by atoms with Crippen LogP contribution in [-0.2, 0) is 20.4 Å². The van der Waals surface area contributed by atoms with Gasteiger partial charge in [0.2, 0.25) is 10.0 Å². The van der Waals surface area contributed by atoms with Crippen molar-refractivity contribution >= 4 is 21.9 Å². The van der Waals surface area contributed by atoms with E-state index in [-0.39, 0.29) is 4.90 Å². The molecule has 0 saturated heterocycles. The largest absolute Gasteiger partial charge is 0.303 e. The maximum atomic E-state index is 14.1. The number of aldehydes is 1. The third kappa shape index (κ3) is 5.33. The molecule has 4 aromatic rings. The lowest BCUT2D eigenvalue weighted by atomic mass is 9.64. The smallest absolute Gasteiger partial charge is 0.241 e. The molecule has 1 N–H and O–H groups in total. The molecular weight excluding hydrogens is 516 g/mol. The molecule has 1 aliphatic carbocycles. The van der Waals surface area contributed by atoms with Gasteiger partial charge in [0.15, 0.2) is 0 Å². The molecule has 198 valence electrons. The van der Waals surface area contributed by atoms with Gasteiger partial charge in [-0.2, -0.15) is 4.72 Å². The summed E-state index contributed by atoms with van der Waals surface area (Å²) in [5.74, 6) is -2.20. The van der Waals surface area contributed by atoms with E-state index in [4.69, 9.17) is 0 Å². The molecule has 4 aromatic carbocycles. The van der Waals surface area contributed by atoms with Crippen LogP contribution in [0.15, 0.2) is 114 Å². The first-order valence-electron chi connectivity index (χ1n) is 12.6. The van der Waals surface area contributed by atoms with Gasteiger partial charge in [0.05, 0.1) is 10.4 Å². The third-order valence-corrected chi connectivity index (χ3v) is 8.85. The first kappa shape index (κ1) is 26.7. The Morgan fingerprint density at radius 3 is 2.00 bits per heavy atom. The third-order valence-electron chi connectivity index (χ3n) is 7.35. The van der Waals surface area contributed by atoms with Crippen LogP contribution in [0.4, 0.5) is 8.78 Å². The summed E-state index contributed by atoms with van der Waals surface area (Å²) in [6.07, 6.45) is 2.92. The van der Waals surface area contributed by atoms with Crippen LogP contribution in [0.5, 0.6) is 0 Å². The van der Waals surface area contributed by atoms with Crippen LogP contribution in [0.2, 0.25) is 0 Å². The number of aryl methyl sites for hydroxylation is 1. The quantitative estimate of drug-likeness (QED) is 0.270. The monoisotopic (exact) mass is 543 g/mol. The topological polar surface area (TPSA) is 63.2 Å². The normalized spacial score (nSPS) is 21.3. The zero-order valence-corrected chi connectivity index (χ0v) is 22.0. The van der Waals surface area contributed by atoms with Crippen LogP contribution in [-0.4, -0.2) is 14.7 Å². The van der Waals surface area contributed by atoms with Crippen molar-refractivity contribution in [2.24, 2.45) is 5.92 Å². The van der Waals surface area contributed by atoms with Crippen LogP contribution in [0, 0.1) is 24.5 Å². The van der Waals surface area contributed by atoms with Crippen LogP contribution in [0.25, 0.3) is 5.57 Å². The maximum Gasteiger partial charge on any atom is 0.241 e. The van der Waals surface area contributed by atoms with Gasteiger partial charge in [-0.15, -0.1) is 0 Å². The number of benzene rings is 4. The Hall–Kier alpha value is -3.94. The number of halogens is 2. The summed E-state index contributed by atoms with van der Waals surface area (Å²) in [4.78, 5) is 13.0. The minimum atomic E-state index is -4.16. The molecule has 0 amide bonds. The molecule has 0 saturated carbocycles. The Bertz CT molecular complexity index is 1600. The van der Waals surface area contributed by atoms with Crippen LogP contribution in [0.3, 0.4) is 0 Å². The van der Waals surface area contributed by atoms with Crippen molar-refractivity contribution in [3.63, 3.8) is 0 Å². The first-order valence-corrected chi connectivity index (χ1v) is 14.0. The van der Waals surface area contributed by atoms with Crippen molar-refractivity contribution in [1.82, 2.24) is 4.72 Å². The van der Waals surface area contributed by atoms with Crippen molar-refractivity contribution < 1.29 is 22.0 Å². The molecule has 0 aromatic heterocycles. The summed E-state index contributed by atoms with van der Waals surface area (Å²) in [5, 5.41) is 0. The molecule has 0 aliphatic heterocycles. The van der Waals surface area contributed by atoms with Gasteiger partial charge in [-0.25, -0.2) is 17.2 Å². The summed E-state index contributed by atoms with van der Waals surface area (Å²) in [6, 6.07) is 27.2. The molecule has 0 spiro atoms. The van der Waals surface area contributed by atoms with E-state index >= 15 is 0 Å². The molecule has 0 unspecified atom stereocenters. The predicted octanol–water partition coefficient (Wildman–Crippen LogP) is 6.53. The standard InChI is InChI=1S/C32H27F2NO3S/c1-22-7-17-29(18-8-22)39(37,38)35-32(26-11-15-28(34)16-12-26)20-25(23-9-13-27(33)14-10-23)19-30(31(32)21-36)24-5-3-2-4-6-24/h2-18,20-21,30-31,35H,19H2,1H3/t30-,31-,32-/m1/s1. The Morgan fingerprint density at radius 1 is 0.821 bits per heavy atom. The number of sulfonamides is 1. The fraction of sp³-hybridized carbons (Fsp3) is 0.156. The molecule has 7 heteroatoms. The minimum absolute atomic E-state index is 0.0396. The number of hydrogen-bond donors (Lipinski definition) is 1. The van der Waals surface area contributed by atoms with Gasteiger partial charge in [0.25, 0.3) is 0 Å². The molecule has 0 fully saturated rings. The zero-order chi connectivity index (χ0) is 27.6. The summed E-state index contributed by atoms with van der Waals surface area (Å²) in [6.45, 7) is 1.86. The van der Waals surface area contributed by atoms with Crippen molar-refractivity contribution in [1.29, 1.82) is 0 Å². The second-order valence-corrected chi connectivity index (χ2v) is 11.5. The number of rotatable bonds is 7. The van der Waals surface area contributed by atoms with Crippen LogP contribution >= 0.6 is 0 Å². The van der Waals surface area contributed by atoms with E-state index < -0.39 is 39.0 Å². The lowest BCUT2D eigenvalue weighted by molar-refractivity contribution is -0.113. The number of nitrogens with one attached hydrogen (secondary N) is 1. The van der Waals surface area contributed by atoms with E-state index in [2.05, 4.69) is 4.72 Å². The predicted molar refractivity (Wildman–Crippen MR) is 147 cm³/mol. The van der Waals surface area contributed by atoms with E-state index in [0.717, 1.165) is 23.0 Å². The molecule has 1 aliphatic rings. The highest BCUT2D eigenvalue weighted by Gasteiger charge is 2.49. The summed E-state index contributed by atoms with van der Waals surface area (Å²) < 4.78 is 58.5. The lowest BCUT2D eigenvalue weighted by Crippen LogP contribution is -2.53. The SMILES string of the molecule is Cc1ccc(S(=O)(=O)N[C@@]2(c3ccc(F)cc3)C=C(c3ccc(F)cc3)C[C@H](c3ccccc3)[C@H]2C=O)cc1. The molecule has 0 bridgehead atoms. The highest BCUT2D eigenvalue weighted by molar-refractivity contribution is 7.89. The summed E-state index contributed by atoms with van der Waals surface area (Å²) >= 11 is 0. The van der Waals surface area contributed by atoms with Gasteiger partial charge < -0.3 is 4.79 Å². The lowest BCUT2D eigenvalue weighted by Gasteiger charge is -2.45. The summed E-state index contributed by atoms with van der Waals surface area (Å²) in [5.41, 5.74) is 2.02. The van der Waals surface area contributed by atoms with Gasteiger partial charge in [-0.3, -0.25) is 0 Å².